The van der Waals surface area contributed by atoms with Crippen LogP contribution in [0.4, 0.5) is 0 Å². The molecule has 1 aliphatic carbocycles. The smallest absolute Gasteiger partial charge is 0.245 e. The van der Waals surface area contributed by atoms with Crippen molar-refractivity contribution in [1.29, 1.82) is 0 Å². The standard InChI is InChI=1S/C20H24N2O3/c1-13(23)18(22-19(24)16-8-9-16)20(25)21-11-10-14-6-7-15-4-2-3-5-17(15)12-14/h2-7,12-13,16,18,23H,8-11H2,1H3,(H,21,25)(H,22,24). The maximum absolute atomic E-state index is 12.3. The Balaban J connectivity index is 1.53. The maximum atomic E-state index is 12.3. The molecule has 25 heavy (non-hydrogen) atoms. The van der Waals surface area contributed by atoms with Gasteiger partial charge in [0.2, 0.25) is 11.8 Å². The van der Waals surface area contributed by atoms with Gasteiger partial charge in [-0.3, -0.25) is 9.59 Å². The van der Waals surface area contributed by atoms with Crippen molar-refractivity contribution in [1.82, 2.24) is 10.6 Å². The molecule has 1 fully saturated rings. The van der Waals surface area contributed by atoms with Gasteiger partial charge in [0.05, 0.1) is 6.10 Å². The Bertz CT molecular complexity index is 768. The number of nitrogens with one attached hydrogen (secondary N) is 2. The number of hydrogen-bond donors (Lipinski definition) is 3. The SMILES string of the molecule is CC(O)C(NC(=O)C1CC1)C(=O)NCCc1ccc2ccccc2c1. The van der Waals surface area contributed by atoms with Gasteiger partial charge < -0.3 is 15.7 Å². The van der Waals surface area contributed by atoms with E-state index in [4.69, 9.17) is 0 Å². The summed E-state index contributed by atoms with van der Waals surface area (Å²) < 4.78 is 0. The molecule has 1 aliphatic rings. The molecule has 3 rings (SSSR count). The van der Waals surface area contributed by atoms with Gasteiger partial charge in [-0.05, 0) is 42.5 Å². The lowest BCUT2D eigenvalue weighted by Gasteiger charge is -2.21. The minimum atomic E-state index is -0.927. The number of hydrogen-bond acceptors (Lipinski definition) is 3. The monoisotopic (exact) mass is 340 g/mol. The van der Waals surface area contributed by atoms with E-state index in [1.807, 2.05) is 12.1 Å². The first-order valence-corrected chi connectivity index (χ1v) is 8.78. The number of aliphatic hydroxyl groups excluding tert-OH is 1. The fraction of sp³-hybridized carbons (Fsp3) is 0.400. The van der Waals surface area contributed by atoms with E-state index in [1.54, 1.807) is 0 Å². The molecule has 0 aromatic heterocycles. The zero-order chi connectivity index (χ0) is 17.8. The fourth-order valence-electron chi connectivity index (χ4n) is 2.86. The van der Waals surface area contributed by atoms with Gasteiger partial charge in [-0.1, -0.05) is 42.5 Å². The van der Waals surface area contributed by atoms with E-state index in [0.717, 1.165) is 18.4 Å². The van der Waals surface area contributed by atoms with Gasteiger partial charge in [0.1, 0.15) is 6.04 Å². The lowest BCUT2D eigenvalue weighted by molar-refractivity contribution is -0.132. The van der Waals surface area contributed by atoms with Gasteiger partial charge in [-0.25, -0.2) is 0 Å². The zero-order valence-electron chi connectivity index (χ0n) is 14.4. The Kier molecular flexibility index (Phi) is 5.34. The van der Waals surface area contributed by atoms with Crippen molar-refractivity contribution in [2.75, 3.05) is 6.54 Å². The molecule has 0 spiro atoms. The lowest BCUT2D eigenvalue weighted by Crippen LogP contribution is -2.53. The Morgan fingerprint density at radius 2 is 1.88 bits per heavy atom. The van der Waals surface area contributed by atoms with Crippen molar-refractivity contribution in [3.05, 3.63) is 48.0 Å². The van der Waals surface area contributed by atoms with Crippen LogP contribution in [-0.2, 0) is 16.0 Å². The molecule has 0 radical (unpaired) electrons. The average molecular weight is 340 g/mol. The number of carbonyl (C=O) groups excluding carboxylic acids is 2. The Hall–Kier alpha value is -2.40. The highest BCUT2D eigenvalue weighted by molar-refractivity contribution is 5.89. The molecule has 0 saturated heterocycles. The van der Waals surface area contributed by atoms with Crippen LogP contribution in [0.1, 0.15) is 25.3 Å². The Morgan fingerprint density at radius 1 is 1.16 bits per heavy atom. The number of carbonyl (C=O) groups is 2. The van der Waals surface area contributed by atoms with Crippen LogP contribution >= 0.6 is 0 Å². The summed E-state index contributed by atoms with van der Waals surface area (Å²) in [6.45, 7) is 1.97. The highest BCUT2D eigenvalue weighted by Crippen LogP contribution is 2.29. The second kappa shape index (κ2) is 7.66. The summed E-state index contributed by atoms with van der Waals surface area (Å²) in [6.07, 6.45) is 1.49. The molecular weight excluding hydrogens is 316 g/mol. The summed E-state index contributed by atoms with van der Waals surface area (Å²) in [5.74, 6) is -0.480. The van der Waals surface area contributed by atoms with Crippen molar-refractivity contribution >= 4 is 22.6 Å². The molecule has 5 heteroatoms. The highest BCUT2D eigenvalue weighted by Gasteiger charge is 2.34. The number of rotatable bonds is 7. The lowest BCUT2D eigenvalue weighted by atomic mass is 10.1. The predicted molar refractivity (Wildman–Crippen MR) is 97.0 cm³/mol. The number of benzene rings is 2. The van der Waals surface area contributed by atoms with Gasteiger partial charge in [0.15, 0.2) is 0 Å². The Morgan fingerprint density at radius 3 is 2.56 bits per heavy atom. The molecule has 0 heterocycles. The van der Waals surface area contributed by atoms with Crippen molar-refractivity contribution in [2.24, 2.45) is 5.92 Å². The van der Waals surface area contributed by atoms with Gasteiger partial charge in [0.25, 0.3) is 0 Å². The molecule has 2 atom stereocenters. The third-order valence-electron chi connectivity index (χ3n) is 4.54. The van der Waals surface area contributed by atoms with Crippen LogP contribution in [0.5, 0.6) is 0 Å². The summed E-state index contributed by atoms with van der Waals surface area (Å²) in [5, 5.41) is 17.6. The molecule has 2 aromatic carbocycles. The summed E-state index contributed by atoms with van der Waals surface area (Å²) in [6, 6.07) is 13.5. The quantitative estimate of drug-likeness (QED) is 0.719. The van der Waals surface area contributed by atoms with E-state index in [-0.39, 0.29) is 17.7 Å². The molecule has 2 aromatic rings. The van der Waals surface area contributed by atoms with Crippen LogP contribution in [0.2, 0.25) is 0 Å². The largest absolute Gasteiger partial charge is 0.391 e. The number of amides is 2. The van der Waals surface area contributed by atoms with Crippen molar-refractivity contribution in [2.45, 2.75) is 38.3 Å². The second-order valence-electron chi connectivity index (χ2n) is 6.72. The Labute approximate surface area is 147 Å². The molecule has 2 unspecified atom stereocenters. The van der Waals surface area contributed by atoms with Crippen LogP contribution in [0.15, 0.2) is 42.5 Å². The maximum Gasteiger partial charge on any atom is 0.245 e. The third kappa shape index (κ3) is 4.57. The molecule has 1 saturated carbocycles. The first-order chi connectivity index (χ1) is 12.0. The van der Waals surface area contributed by atoms with Crippen molar-refractivity contribution < 1.29 is 14.7 Å². The van der Waals surface area contributed by atoms with Gasteiger partial charge in [-0.15, -0.1) is 0 Å². The third-order valence-corrected chi connectivity index (χ3v) is 4.54. The minimum Gasteiger partial charge on any atom is -0.391 e. The molecule has 5 nitrogen and oxygen atoms in total. The topological polar surface area (TPSA) is 78.4 Å². The summed E-state index contributed by atoms with van der Waals surface area (Å²) in [4.78, 5) is 24.1. The van der Waals surface area contributed by atoms with E-state index in [1.165, 1.54) is 17.7 Å². The number of fused-ring (bicyclic) bond motifs is 1. The van der Waals surface area contributed by atoms with Crippen molar-refractivity contribution in [3.8, 4) is 0 Å². The van der Waals surface area contributed by atoms with E-state index >= 15 is 0 Å². The first kappa shape index (κ1) is 17.4. The molecular formula is C20H24N2O3. The number of aliphatic hydroxyl groups is 1. The molecule has 3 N–H and O–H groups in total. The van der Waals surface area contributed by atoms with Gasteiger partial charge in [0, 0.05) is 12.5 Å². The first-order valence-electron chi connectivity index (χ1n) is 8.78. The minimum absolute atomic E-state index is 0.00616. The van der Waals surface area contributed by atoms with E-state index in [2.05, 4.69) is 41.0 Å². The molecule has 0 bridgehead atoms. The van der Waals surface area contributed by atoms with E-state index < -0.39 is 12.1 Å². The van der Waals surface area contributed by atoms with Crippen LogP contribution in [0, 0.1) is 5.92 Å². The van der Waals surface area contributed by atoms with Gasteiger partial charge in [-0.2, -0.15) is 0 Å². The summed E-state index contributed by atoms with van der Waals surface area (Å²) in [7, 11) is 0. The molecule has 132 valence electrons. The van der Waals surface area contributed by atoms with Gasteiger partial charge >= 0.3 is 0 Å². The average Bonchev–Trinajstić information content (AvgIpc) is 3.44. The van der Waals surface area contributed by atoms with Crippen LogP contribution in [-0.4, -0.2) is 35.6 Å². The predicted octanol–water partition coefficient (Wildman–Crippen LogP) is 1.77. The zero-order valence-corrected chi connectivity index (χ0v) is 14.4. The normalized spacial score (nSPS) is 16.2. The van der Waals surface area contributed by atoms with Crippen molar-refractivity contribution in [3.63, 3.8) is 0 Å². The highest BCUT2D eigenvalue weighted by atomic mass is 16.3. The summed E-state index contributed by atoms with van der Waals surface area (Å²) in [5.41, 5.74) is 1.13. The van der Waals surface area contributed by atoms with E-state index in [0.29, 0.717) is 13.0 Å². The van der Waals surface area contributed by atoms with Crippen LogP contribution in [0.25, 0.3) is 10.8 Å². The molecule has 2 amide bonds. The molecule has 0 aliphatic heterocycles. The fourth-order valence-corrected chi connectivity index (χ4v) is 2.86. The van der Waals surface area contributed by atoms with Crippen LogP contribution < -0.4 is 10.6 Å². The second-order valence-corrected chi connectivity index (χ2v) is 6.72. The van der Waals surface area contributed by atoms with Crippen LogP contribution in [0.3, 0.4) is 0 Å². The summed E-state index contributed by atoms with van der Waals surface area (Å²) >= 11 is 0. The van der Waals surface area contributed by atoms with E-state index in [9.17, 15) is 14.7 Å².